The number of hydrogen-bond acceptors (Lipinski definition) is 2. The summed E-state index contributed by atoms with van der Waals surface area (Å²) >= 11 is 3.37. The van der Waals surface area contributed by atoms with Gasteiger partial charge in [0.1, 0.15) is 0 Å². The summed E-state index contributed by atoms with van der Waals surface area (Å²) < 4.78 is 0.903. The van der Waals surface area contributed by atoms with Gasteiger partial charge in [-0.15, -0.1) is 0 Å². The molecular formula is C13H17BrN2O. The fourth-order valence-electron chi connectivity index (χ4n) is 2.19. The first kappa shape index (κ1) is 12.4. The molecule has 0 aromatic heterocycles. The molecule has 92 valence electrons. The van der Waals surface area contributed by atoms with E-state index in [9.17, 15) is 4.79 Å². The van der Waals surface area contributed by atoms with Crippen LogP contribution in [-0.2, 0) is 11.3 Å². The zero-order valence-corrected chi connectivity index (χ0v) is 11.5. The number of nitrogens with two attached hydrogens (primary N) is 1. The Morgan fingerprint density at radius 2 is 2.29 bits per heavy atom. The monoisotopic (exact) mass is 296 g/mol. The van der Waals surface area contributed by atoms with Crippen LogP contribution in [0.1, 0.15) is 25.3 Å². The standard InChI is InChI=1S/C13H17BrN2O/c1-2-9-6-13(17)16(7-9)8-10-3-4-11(14)12(15)5-10/h3-5,9H,2,6-8,15H2,1H3. The van der Waals surface area contributed by atoms with Crippen LogP contribution in [0, 0.1) is 5.92 Å². The molecule has 1 aromatic rings. The van der Waals surface area contributed by atoms with Gasteiger partial charge in [-0.05, 0) is 39.5 Å². The van der Waals surface area contributed by atoms with Gasteiger partial charge in [0.05, 0.1) is 0 Å². The van der Waals surface area contributed by atoms with E-state index in [-0.39, 0.29) is 5.91 Å². The Bertz CT molecular complexity index is 433. The van der Waals surface area contributed by atoms with Crippen molar-refractivity contribution in [2.24, 2.45) is 5.92 Å². The summed E-state index contributed by atoms with van der Waals surface area (Å²) in [4.78, 5) is 13.7. The summed E-state index contributed by atoms with van der Waals surface area (Å²) in [5, 5.41) is 0. The molecule has 1 aromatic carbocycles. The number of rotatable bonds is 3. The molecule has 1 heterocycles. The highest BCUT2D eigenvalue weighted by molar-refractivity contribution is 9.10. The summed E-state index contributed by atoms with van der Waals surface area (Å²) in [6.07, 6.45) is 1.77. The molecule has 1 aliphatic rings. The Labute approximate surface area is 110 Å². The Kier molecular flexibility index (Phi) is 3.72. The SMILES string of the molecule is CCC1CC(=O)N(Cc2ccc(Br)c(N)c2)C1. The van der Waals surface area contributed by atoms with Gasteiger partial charge >= 0.3 is 0 Å². The van der Waals surface area contributed by atoms with Crippen molar-refractivity contribution >= 4 is 27.5 Å². The zero-order valence-electron chi connectivity index (χ0n) is 9.95. The van der Waals surface area contributed by atoms with E-state index in [1.165, 1.54) is 0 Å². The number of halogens is 1. The first-order valence-corrected chi connectivity index (χ1v) is 6.71. The average molecular weight is 297 g/mol. The molecule has 0 spiro atoms. The summed E-state index contributed by atoms with van der Waals surface area (Å²) in [5.41, 5.74) is 7.65. The fraction of sp³-hybridized carbons (Fsp3) is 0.462. The molecule has 0 bridgehead atoms. The average Bonchev–Trinajstić information content (AvgIpc) is 2.65. The van der Waals surface area contributed by atoms with Gasteiger partial charge < -0.3 is 10.6 Å². The predicted octanol–water partition coefficient (Wildman–Crippen LogP) is 2.79. The third kappa shape index (κ3) is 2.80. The molecule has 1 unspecified atom stereocenters. The van der Waals surface area contributed by atoms with Crippen LogP contribution < -0.4 is 5.73 Å². The van der Waals surface area contributed by atoms with Crippen molar-refractivity contribution < 1.29 is 4.79 Å². The lowest BCUT2D eigenvalue weighted by molar-refractivity contribution is -0.128. The van der Waals surface area contributed by atoms with E-state index in [1.807, 2.05) is 23.1 Å². The number of likely N-dealkylation sites (tertiary alicyclic amines) is 1. The van der Waals surface area contributed by atoms with Gasteiger partial charge in [0, 0.05) is 29.7 Å². The van der Waals surface area contributed by atoms with Crippen molar-refractivity contribution in [2.75, 3.05) is 12.3 Å². The number of hydrogen-bond donors (Lipinski definition) is 1. The topological polar surface area (TPSA) is 46.3 Å². The highest BCUT2D eigenvalue weighted by atomic mass is 79.9. The number of carbonyl (C=O) groups excluding carboxylic acids is 1. The summed E-state index contributed by atoms with van der Waals surface area (Å²) in [7, 11) is 0. The Morgan fingerprint density at radius 3 is 2.88 bits per heavy atom. The van der Waals surface area contributed by atoms with Gasteiger partial charge in [0.15, 0.2) is 0 Å². The Morgan fingerprint density at radius 1 is 1.53 bits per heavy atom. The van der Waals surface area contributed by atoms with Gasteiger partial charge in [-0.2, -0.15) is 0 Å². The number of nitrogen functional groups attached to an aromatic ring is 1. The van der Waals surface area contributed by atoms with Gasteiger partial charge in [0.2, 0.25) is 5.91 Å². The van der Waals surface area contributed by atoms with Crippen molar-refractivity contribution in [1.29, 1.82) is 0 Å². The maximum Gasteiger partial charge on any atom is 0.223 e. The lowest BCUT2D eigenvalue weighted by Crippen LogP contribution is -2.24. The first-order chi connectivity index (χ1) is 8.10. The van der Waals surface area contributed by atoms with Crippen molar-refractivity contribution in [3.8, 4) is 0 Å². The molecule has 1 atom stereocenters. The number of benzene rings is 1. The van der Waals surface area contributed by atoms with Crippen molar-refractivity contribution in [3.05, 3.63) is 28.2 Å². The molecule has 1 amide bonds. The molecule has 0 aliphatic carbocycles. The third-order valence-corrected chi connectivity index (χ3v) is 4.03. The van der Waals surface area contributed by atoms with Crippen LogP contribution in [0.25, 0.3) is 0 Å². The molecule has 17 heavy (non-hydrogen) atoms. The molecule has 4 heteroatoms. The summed E-state index contributed by atoms with van der Waals surface area (Å²) in [5.74, 6) is 0.786. The number of anilines is 1. The van der Waals surface area contributed by atoms with Crippen molar-refractivity contribution in [3.63, 3.8) is 0 Å². The number of nitrogens with zero attached hydrogens (tertiary/aromatic N) is 1. The maximum absolute atomic E-state index is 11.8. The fourth-order valence-corrected chi connectivity index (χ4v) is 2.44. The van der Waals surface area contributed by atoms with Gasteiger partial charge in [-0.1, -0.05) is 19.4 Å². The first-order valence-electron chi connectivity index (χ1n) is 5.91. The lowest BCUT2D eigenvalue weighted by Gasteiger charge is -2.17. The normalized spacial score (nSPS) is 20.0. The van der Waals surface area contributed by atoms with Gasteiger partial charge in [0.25, 0.3) is 0 Å². The van der Waals surface area contributed by atoms with E-state index in [1.54, 1.807) is 0 Å². The van der Waals surface area contributed by atoms with E-state index in [0.717, 1.165) is 28.7 Å². The molecule has 2 N–H and O–H groups in total. The highest BCUT2D eigenvalue weighted by Crippen LogP contribution is 2.25. The second-order valence-corrected chi connectivity index (χ2v) is 5.46. The largest absolute Gasteiger partial charge is 0.398 e. The smallest absolute Gasteiger partial charge is 0.223 e. The minimum absolute atomic E-state index is 0.262. The predicted molar refractivity (Wildman–Crippen MR) is 72.4 cm³/mol. The van der Waals surface area contributed by atoms with Crippen LogP contribution in [0.2, 0.25) is 0 Å². The Hall–Kier alpha value is -1.03. The molecule has 1 fully saturated rings. The van der Waals surface area contributed by atoms with Crippen LogP contribution in [0.3, 0.4) is 0 Å². The minimum atomic E-state index is 0.262. The van der Waals surface area contributed by atoms with E-state index < -0.39 is 0 Å². The summed E-state index contributed by atoms with van der Waals surface area (Å²) in [6, 6.07) is 5.87. The van der Waals surface area contributed by atoms with Gasteiger partial charge in [-0.25, -0.2) is 0 Å². The third-order valence-electron chi connectivity index (χ3n) is 3.31. The quantitative estimate of drug-likeness (QED) is 0.872. The second-order valence-electron chi connectivity index (χ2n) is 4.61. The lowest BCUT2D eigenvalue weighted by atomic mass is 10.1. The molecule has 0 radical (unpaired) electrons. The highest BCUT2D eigenvalue weighted by Gasteiger charge is 2.28. The van der Waals surface area contributed by atoms with Crippen molar-refractivity contribution in [2.45, 2.75) is 26.3 Å². The second kappa shape index (κ2) is 5.08. The van der Waals surface area contributed by atoms with Crippen LogP contribution in [0.4, 0.5) is 5.69 Å². The Balaban J connectivity index is 2.06. The van der Waals surface area contributed by atoms with E-state index >= 15 is 0 Å². The van der Waals surface area contributed by atoms with Gasteiger partial charge in [-0.3, -0.25) is 4.79 Å². The molecule has 2 rings (SSSR count). The van der Waals surface area contributed by atoms with E-state index in [4.69, 9.17) is 5.73 Å². The summed E-state index contributed by atoms with van der Waals surface area (Å²) in [6.45, 7) is 3.69. The molecule has 1 saturated heterocycles. The number of amides is 1. The molecule has 3 nitrogen and oxygen atoms in total. The van der Waals surface area contributed by atoms with Crippen LogP contribution in [-0.4, -0.2) is 17.4 Å². The van der Waals surface area contributed by atoms with E-state index in [2.05, 4.69) is 22.9 Å². The minimum Gasteiger partial charge on any atom is -0.398 e. The van der Waals surface area contributed by atoms with Crippen LogP contribution in [0.5, 0.6) is 0 Å². The van der Waals surface area contributed by atoms with E-state index in [0.29, 0.717) is 18.9 Å². The molecule has 1 aliphatic heterocycles. The number of carbonyl (C=O) groups is 1. The van der Waals surface area contributed by atoms with Crippen molar-refractivity contribution in [1.82, 2.24) is 4.90 Å². The molecular weight excluding hydrogens is 280 g/mol. The van der Waals surface area contributed by atoms with Crippen LogP contribution >= 0.6 is 15.9 Å². The maximum atomic E-state index is 11.8. The molecule has 0 saturated carbocycles. The zero-order chi connectivity index (χ0) is 12.4. The van der Waals surface area contributed by atoms with Crippen LogP contribution in [0.15, 0.2) is 22.7 Å².